The van der Waals surface area contributed by atoms with Gasteiger partial charge in [-0.15, -0.1) is 0 Å². The molecule has 0 amide bonds. The molecule has 0 heterocycles. The minimum absolute atomic E-state index is 0.219. The molecule has 0 N–H and O–H groups in total. The second-order valence-corrected chi connectivity index (χ2v) is 4.06. The fourth-order valence-electron chi connectivity index (χ4n) is 1.60. The van der Waals surface area contributed by atoms with E-state index in [0.29, 0.717) is 17.1 Å². The van der Waals surface area contributed by atoms with E-state index in [2.05, 4.69) is 0 Å². The van der Waals surface area contributed by atoms with Gasteiger partial charge in [0.1, 0.15) is 11.5 Å². The first-order chi connectivity index (χ1) is 9.01. The number of carbonyl (C=O) groups excluding carboxylic acids is 1. The molecule has 1 unspecified atom stereocenters. The van der Waals surface area contributed by atoms with E-state index in [1.807, 2.05) is 6.07 Å². The first-order valence-electron chi connectivity index (χ1n) is 5.83. The first kappa shape index (κ1) is 14.8. The molecular formula is C14H17NO4. The molecule has 0 aromatic heterocycles. The highest BCUT2D eigenvalue weighted by molar-refractivity contribution is 5.86. The smallest absolute Gasteiger partial charge is 0.330 e. The van der Waals surface area contributed by atoms with Gasteiger partial charge in [-0.1, -0.05) is 0 Å². The molecule has 0 saturated carbocycles. The highest BCUT2D eigenvalue weighted by Gasteiger charge is 2.38. The Bertz CT molecular complexity index is 484. The number of nitriles is 1. The van der Waals surface area contributed by atoms with Crippen molar-refractivity contribution >= 4 is 5.97 Å². The zero-order valence-electron chi connectivity index (χ0n) is 11.5. The van der Waals surface area contributed by atoms with Crippen LogP contribution >= 0.6 is 0 Å². The van der Waals surface area contributed by atoms with Crippen LogP contribution in [-0.4, -0.2) is 26.8 Å². The summed E-state index contributed by atoms with van der Waals surface area (Å²) in [5.74, 6) is 0.438. The molecule has 19 heavy (non-hydrogen) atoms. The summed E-state index contributed by atoms with van der Waals surface area (Å²) in [6, 6.07) is 6.92. The zero-order chi connectivity index (χ0) is 14.5. The van der Waals surface area contributed by atoms with Gasteiger partial charge in [0.05, 0.1) is 26.9 Å². The van der Waals surface area contributed by atoms with E-state index in [-0.39, 0.29) is 6.61 Å². The number of benzene rings is 1. The first-order valence-corrected chi connectivity index (χ1v) is 5.83. The number of esters is 1. The number of hydrogen-bond acceptors (Lipinski definition) is 5. The predicted molar refractivity (Wildman–Crippen MR) is 69.1 cm³/mol. The Labute approximate surface area is 112 Å². The van der Waals surface area contributed by atoms with Crippen LogP contribution in [0.25, 0.3) is 0 Å². The van der Waals surface area contributed by atoms with Gasteiger partial charge in [-0.25, -0.2) is 4.79 Å². The minimum Gasteiger partial charge on any atom is -0.497 e. The summed E-state index contributed by atoms with van der Waals surface area (Å²) in [6.45, 7) is 3.43. The topological polar surface area (TPSA) is 68.6 Å². The lowest BCUT2D eigenvalue weighted by Gasteiger charge is -2.21. The molecule has 1 aromatic carbocycles. The van der Waals surface area contributed by atoms with Crippen LogP contribution in [0.15, 0.2) is 18.2 Å². The molecule has 102 valence electrons. The minimum atomic E-state index is -1.39. The van der Waals surface area contributed by atoms with Crippen LogP contribution in [0, 0.1) is 11.3 Å². The van der Waals surface area contributed by atoms with Crippen molar-refractivity contribution < 1.29 is 19.0 Å². The molecule has 5 heteroatoms. The summed E-state index contributed by atoms with van der Waals surface area (Å²) in [7, 11) is 3.01. The maximum atomic E-state index is 12.0. The largest absolute Gasteiger partial charge is 0.497 e. The summed E-state index contributed by atoms with van der Waals surface area (Å²) >= 11 is 0. The van der Waals surface area contributed by atoms with Gasteiger partial charge >= 0.3 is 5.97 Å². The van der Waals surface area contributed by atoms with Crippen molar-refractivity contribution in [2.75, 3.05) is 20.8 Å². The standard InChI is InChI=1S/C14H17NO4/c1-5-19-13(16)14(2,9-15)10-6-11(17-3)8-12(7-10)18-4/h6-8H,5H2,1-4H3. The highest BCUT2D eigenvalue weighted by atomic mass is 16.5. The second-order valence-electron chi connectivity index (χ2n) is 4.06. The summed E-state index contributed by atoms with van der Waals surface area (Å²) in [5, 5.41) is 9.33. The van der Waals surface area contributed by atoms with Crippen molar-refractivity contribution in [3.8, 4) is 17.6 Å². The van der Waals surface area contributed by atoms with Crippen molar-refractivity contribution in [2.45, 2.75) is 19.3 Å². The van der Waals surface area contributed by atoms with E-state index in [1.54, 1.807) is 25.1 Å². The monoisotopic (exact) mass is 263 g/mol. The number of nitrogens with zero attached hydrogens (tertiary/aromatic N) is 1. The third-order valence-electron chi connectivity index (χ3n) is 2.84. The number of rotatable bonds is 5. The summed E-state index contributed by atoms with van der Waals surface area (Å²) in [5.41, 5.74) is -0.915. The van der Waals surface area contributed by atoms with Gasteiger partial charge in [0.2, 0.25) is 0 Å². The summed E-state index contributed by atoms with van der Waals surface area (Å²) < 4.78 is 15.2. The fourth-order valence-corrected chi connectivity index (χ4v) is 1.60. The van der Waals surface area contributed by atoms with Crippen LogP contribution in [-0.2, 0) is 14.9 Å². The van der Waals surface area contributed by atoms with E-state index in [4.69, 9.17) is 14.2 Å². The Morgan fingerprint density at radius 1 is 1.26 bits per heavy atom. The van der Waals surface area contributed by atoms with E-state index in [9.17, 15) is 10.1 Å². The number of hydrogen-bond donors (Lipinski definition) is 0. The lowest BCUT2D eigenvalue weighted by Crippen LogP contribution is -2.33. The molecule has 0 fully saturated rings. The Hall–Kier alpha value is -2.22. The molecule has 0 aliphatic rings. The molecular weight excluding hydrogens is 246 g/mol. The average Bonchev–Trinajstić information content (AvgIpc) is 2.45. The van der Waals surface area contributed by atoms with Crippen molar-refractivity contribution in [1.29, 1.82) is 5.26 Å². The molecule has 0 radical (unpaired) electrons. The second kappa shape index (κ2) is 6.10. The molecule has 5 nitrogen and oxygen atoms in total. The van der Waals surface area contributed by atoms with Gasteiger partial charge < -0.3 is 14.2 Å². The Balaban J connectivity index is 3.32. The van der Waals surface area contributed by atoms with Crippen LogP contribution in [0.1, 0.15) is 19.4 Å². The van der Waals surface area contributed by atoms with Crippen LogP contribution in [0.3, 0.4) is 0 Å². The number of methoxy groups -OCH3 is 2. The lowest BCUT2D eigenvalue weighted by molar-refractivity contribution is -0.147. The van der Waals surface area contributed by atoms with E-state index >= 15 is 0 Å². The quantitative estimate of drug-likeness (QED) is 0.760. The van der Waals surface area contributed by atoms with Crippen LogP contribution in [0.5, 0.6) is 11.5 Å². The normalized spacial score (nSPS) is 13.0. The van der Waals surface area contributed by atoms with Crippen molar-refractivity contribution in [3.63, 3.8) is 0 Å². The van der Waals surface area contributed by atoms with E-state index in [1.165, 1.54) is 21.1 Å². The van der Waals surface area contributed by atoms with Crippen LogP contribution in [0.4, 0.5) is 0 Å². The zero-order valence-corrected chi connectivity index (χ0v) is 11.5. The SMILES string of the molecule is CCOC(=O)C(C)(C#N)c1cc(OC)cc(OC)c1. The van der Waals surface area contributed by atoms with Crippen LogP contribution in [0.2, 0.25) is 0 Å². The number of ether oxygens (including phenoxy) is 3. The lowest BCUT2D eigenvalue weighted by atomic mass is 9.84. The molecule has 1 aromatic rings. The maximum absolute atomic E-state index is 12.0. The van der Waals surface area contributed by atoms with Gasteiger partial charge in [-0.2, -0.15) is 5.26 Å². The Morgan fingerprint density at radius 3 is 2.16 bits per heavy atom. The fraction of sp³-hybridized carbons (Fsp3) is 0.429. The average molecular weight is 263 g/mol. The van der Waals surface area contributed by atoms with Crippen LogP contribution < -0.4 is 9.47 Å². The molecule has 0 bridgehead atoms. The molecule has 0 aliphatic heterocycles. The molecule has 0 aliphatic carbocycles. The van der Waals surface area contributed by atoms with E-state index in [0.717, 1.165) is 0 Å². The Morgan fingerprint density at radius 2 is 1.79 bits per heavy atom. The van der Waals surface area contributed by atoms with Gasteiger partial charge in [0.15, 0.2) is 5.41 Å². The third-order valence-corrected chi connectivity index (χ3v) is 2.84. The predicted octanol–water partition coefficient (Wildman–Crippen LogP) is 2.05. The van der Waals surface area contributed by atoms with Crippen molar-refractivity contribution in [3.05, 3.63) is 23.8 Å². The molecule has 0 spiro atoms. The summed E-state index contributed by atoms with van der Waals surface area (Å²) in [6.07, 6.45) is 0. The van der Waals surface area contributed by atoms with Gasteiger partial charge in [-0.05, 0) is 31.5 Å². The summed E-state index contributed by atoms with van der Waals surface area (Å²) in [4.78, 5) is 12.0. The van der Waals surface area contributed by atoms with E-state index < -0.39 is 11.4 Å². The maximum Gasteiger partial charge on any atom is 0.330 e. The number of carbonyl (C=O) groups is 1. The van der Waals surface area contributed by atoms with Gasteiger partial charge in [0.25, 0.3) is 0 Å². The van der Waals surface area contributed by atoms with Crippen molar-refractivity contribution in [2.24, 2.45) is 0 Å². The Kier molecular flexibility index (Phi) is 4.76. The van der Waals surface area contributed by atoms with Crippen molar-refractivity contribution in [1.82, 2.24) is 0 Å². The highest BCUT2D eigenvalue weighted by Crippen LogP contribution is 2.32. The third kappa shape index (κ3) is 2.97. The molecule has 1 atom stereocenters. The van der Waals surface area contributed by atoms with Gasteiger partial charge in [-0.3, -0.25) is 0 Å². The molecule has 0 saturated heterocycles. The molecule has 1 rings (SSSR count). The van der Waals surface area contributed by atoms with Gasteiger partial charge in [0, 0.05) is 6.07 Å².